The van der Waals surface area contributed by atoms with E-state index in [1.54, 1.807) is 11.0 Å². The smallest absolute Gasteiger partial charge is 0.367 e. The lowest BCUT2D eigenvalue weighted by Gasteiger charge is -2.38. The highest BCUT2D eigenvalue weighted by atomic mass is 19.4. The summed E-state index contributed by atoms with van der Waals surface area (Å²) in [6.07, 6.45) is 0.229. The first-order chi connectivity index (χ1) is 9.95. The second-order valence-corrected chi connectivity index (χ2v) is 5.20. The summed E-state index contributed by atoms with van der Waals surface area (Å²) < 4.78 is 39.0. The van der Waals surface area contributed by atoms with Gasteiger partial charge in [-0.25, -0.2) is 15.0 Å². The van der Waals surface area contributed by atoms with E-state index in [-0.39, 0.29) is 13.0 Å². The average molecular weight is 297 g/mol. The highest BCUT2D eigenvalue weighted by Crippen LogP contribution is 2.35. The van der Waals surface area contributed by atoms with Crippen molar-refractivity contribution in [3.05, 3.63) is 24.7 Å². The van der Waals surface area contributed by atoms with Crippen LogP contribution < -0.4 is 10.6 Å². The van der Waals surface area contributed by atoms with Gasteiger partial charge in [-0.15, -0.1) is 0 Å². The first-order valence-corrected chi connectivity index (χ1v) is 6.58. The summed E-state index contributed by atoms with van der Waals surface area (Å²) in [5, 5.41) is 0. The molecule has 2 aromatic heterocycles. The van der Waals surface area contributed by atoms with Gasteiger partial charge in [0.1, 0.15) is 5.52 Å². The zero-order valence-corrected chi connectivity index (χ0v) is 11.1. The zero-order valence-electron chi connectivity index (χ0n) is 11.1. The fraction of sp³-hybridized carbons (Fsp3) is 0.462. The van der Waals surface area contributed by atoms with Crippen LogP contribution in [0.3, 0.4) is 0 Å². The number of aromatic nitrogens is 3. The Morgan fingerprint density at radius 1 is 1.10 bits per heavy atom. The number of piperidine rings is 1. The van der Waals surface area contributed by atoms with Gasteiger partial charge in [0.15, 0.2) is 5.65 Å². The first kappa shape index (κ1) is 14.0. The van der Waals surface area contributed by atoms with Crippen LogP contribution in [0.15, 0.2) is 24.7 Å². The molecule has 5 nitrogen and oxygen atoms in total. The molecule has 0 saturated carbocycles. The Kier molecular flexibility index (Phi) is 3.40. The molecule has 21 heavy (non-hydrogen) atoms. The summed E-state index contributed by atoms with van der Waals surface area (Å²) in [6, 6.07) is 1.13. The second kappa shape index (κ2) is 5.10. The maximum Gasteiger partial charge on any atom is 0.393 e. The van der Waals surface area contributed by atoms with E-state index in [0.29, 0.717) is 23.4 Å². The molecule has 112 valence electrons. The molecule has 0 spiro atoms. The molecular weight excluding hydrogens is 283 g/mol. The minimum atomic E-state index is -4.25. The molecule has 0 bridgehead atoms. The number of fused-ring (bicyclic) bond motifs is 1. The highest BCUT2D eigenvalue weighted by Gasteiger charge is 2.44. The van der Waals surface area contributed by atoms with Crippen LogP contribution in [-0.2, 0) is 0 Å². The predicted octanol–water partition coefficient (Wildman–Crippen LogP) is 1.74. The van der Waals surface area contributed by atoms with Gasteiger partial charge in [0.2, 0.25) is 0 Å². The minimum Gasteiger partial charge on any atom is -0.367 e. The van der Waals surface area contributed by atoms with E-state index in [9.17, 15) is 13.2 Å². The molecule has 0 radical (unpaired) electrons. The molecule has 2 aromatic rings. The summed E-state index contributed by atoms with van der Waals surface area (Å²) in [7, 11) is 0. The van der Waals surface area contributed by atoms with E-state index in [1.165, 1.54) is 18.6 Å². The molecule has 2 atom stereocenters. The Bertz CT molecular complexity index is 640. The first-order valence-electron chi connectivity index (χ1n) is 6.58. The minimum absolute atomic E-state index is 0.0469. The van der Waals surface area contributed by atoms with E-state index in [1.807, 2.05) is 0 Å². The van der Waals surface area contributed by atoms with E-state index in [0.717, 1.165) is 0 Å². The largest absolute Gasteiger partial charge is 0.393 e. The molecule has 1 aliphatic heterocycles. The average Bonchev–Trinajstić information content (AvgIpc) is 2.45. The van der Waals surface area contributed by atoms with Gasteiger partial charge in [-0.05, 0) is 12.5 Å². The van der Waals surface area contributed by atoms with Crippen LogP contribution in [0.25, 0.3) is 11.2 Å². The summed E-state index contributed by atoms with van der Waals surface area (Å²) in [4.78, 5) is 13.9. The van der Waals surface area contributed by atoms with Crippen LogP contribution in [0.5, 0.6) is 0 Å². The van der Waals surface area contributed by atoms with E-state index in [2.05, 4.69) is 15.0 Å². The number of nitrogens with two attached hydrogens (primary N) is 1. The Morgan fingerprint density at radius 3 is 2.57 bits per heavy atom. The Hall–Kier alpha value is -1.96. The number of halogens is 3. The van der Waals surface area contributed by atoms with Crippen LogP contribution >= 0.6 is 0 Å². The van der Waals surface area contributed by atoms with Crippen molar-refractivity contribution >= 4 is 16.9 Å². The zero-order chi connectivity index (χ0) is 15.0. The van der Waals surface area contributed by atoms with Crippen molar-refractivity contribution in [1.82, 2.24) is 15.0 Å². The monoisotopic (exact) mass is 297 g/mol. The van der Waals surface area contributed by atoms with Crippen molar-refractivity contribution in [2.24, 2.45) is 11.7 Å². The molecule has 0 aliphatic carbocycles. The fourth-order valence-corrected chi connectivity index (χ4v) is 2.69. The number of hydrogen-bond acceptors (Lipinski definition) is 5. The van der Waals surface area contributed by atoms with Gasteiger partial charge in [0.05, 0.1) is 11.6 Å². The van der Waals surface area contributed by atoms with Crippen molar-refractivity contribution in [2.75, 3.05) is 18.0 Å². The Balaban J connectivity index is 1.98. The van der Waals surface area contributed by atoms with Gasteiger partial charge in [-0.3, -0.25) is 0 Å². The number of nitrogens with zero attached hydrogens (tertiary/aromatic N) is 4. The molecule has 3 rings (SSSR count). The summed E-state index contributed by atoms with van der Waals surface area (Å²) in [6.45, 7) is 0.245. The number of anilines is 1. The lowest BCUT2D eigenvalue weighted by molar-refractivity contribution is -0.177. The molecule has 0 unspecified atom stereocenters. The molecule has 0 aromatic carbocycles. The van der Waals surface area contributed by atoms with Gasteiger partial charge in [-0.1, -0.05) is 0 Å². The van der Waals surface area contributed by atoms with Crippen LogP contribution in [-0.4, -0.2) is 40.3 Å². The van der Waals surface area contributed by atoms with Crippen LogP contribution in [0, 0.1) is 5.92 Å². The third-order valence-electron chi connectivity index (χ3n) is 3.64. The Morgan fingerprint density at radius 2 is 1.81 bits per heavy atom. The van der Waals surface area contributed by atoms with Crippen LogP contribution in [0.1, 0.15) is 6.42 Å². The van der Waals surface area contributed by atoms with Gasteiger partial charge in [0.25, 0.3) is 0 Å². The molecule has 0 amide bonds. The topological polar surface area (TPSA) is 67.9 Å². The number of hydrogen-bond donors (Lipinski definition) is 1. The lowest BCUT2D eigenvalue weighted by atomic mass is 9.93. The van der Waals surface area contributed by atoms with Crippen molar-refractivity contribution < 1.29 is 13.2 Å². The quantitative estimate of drug-likeness (QED) is 0.868. The van der Waals surface area contributed by atoms with E-state index >= 15 is 0 Å². The molecule has 2 N–H and O–H groups in total. The normalized spacial score (nSPS) is 23.5. The van der Waals surface area contributed by atoms with Gasteiger partial charge in [-0.2, -0.15) is 13.2 Å². The van der Waals surface area contributed by atoms with Crippen LogP contribution in [0.2, 0.25) is 0 Å². The molecule has 1 aliphatic rings. The lowest BCUT2D eigenvalue weighted by Crippen LogP contribution is -2.51. The standard InChI is InChI=1S/C13H14F3N5/c14-13(15,16)8-5-9(17)7-21(6-8)10-1-2-19-12-11(10)18-3-4-20-12/h1-4,8-9H,5-7,17H2/t8-,9+/m1/s1. The van der Waals surface area contributed by atoms with Crippen molar-refractivity contribution in [3.63, 3.8) is 0 Å². The Labute approximate surface area is 119 Å². The summed E-state index contributed by atoms with van der Waals surface area (Å²) in [5.41, 5.74) is 7.31. The van der Waals surface area contributed by atoms with Gasteiger partial charge < -0.3 is 10.6 Å². The van der Waals surface area contributed by atoms with E-state index in [4.69, 9.17) is 5.73 Å². The van der Waals surface area contributed by atoms with Gasteiger partial charge >= 0.3 is 6.18 Å². The summed E-state index contributed by atoms with van der Waals surface area (Å²) >= 11 is 0. The molecule has 1 saturated heterocycles. The molecular formula is C13H14F3N5. The maximum atomic E-state index is 13.0. The molecule has 8 heteroatoms. The second-order valence-electron chi connectivity index (χ2n) is 5.20. The van der Waals surface area contributed by atoms with E-state index < -0.39 is 18.1 Å². The highest BCUT2D eigenvalue weighted by molar-refractivity contribution is 5.85. The van der Waals surface area contributed by atoms with Crippen LogP contribution in [0.4, 0.5) is 18.9 Å². The number of alkyl halides is 3. The number of pyridine rings is 1. The maximum absolute atomic E-state index is 13.0. The van der Waals surface area contributed by atoms with Crippen molar-refractivity contribution in [1.29, 1.82) is 0 Å². The third kappa shape index (κ3) is 2.76. The van der Waals surface area contributed by atoms with Gasteiger partial charge in [0, 0.05) is 37.7 Å². The molecule has 1 fully saturated rings. The molecule has 3 heterocycles. The number of rotatable bonds is 1. The third-order valence-corrected chi connectivity index (χ3v) is 3.64. The fourth-order valence-electron chi connectivity index (χ4n) is 2.69. The van der Waals surface area contributed by atoms with Crippen molar-refractivity contribution in [2.45, 2.75) is 18.6 Å². The predicted molar refractivity (Wildman–Crippen MR) is 71.7 cm³/mol. The van der Waals surface area contributed by atoms with Crippen molar-refractivity contribution in [3.8, 4) is 0 Å². The summed E-state index contributed by atoms with van der Waals surface area (Å²) in [5.74, 6) is -1.43. The SMILES string of the molecule is N[C@H]1C[C@@H](C(F)(F)F)CN(c2ccnc3nccnc23)C1.